The van der Waals surface area contributed by atoms with E-state index >= 15 is 0 Å². The van der Waals surface area contributed by atoms with Crippen molar-refractivity contribution in [1.29, 1.82) is 0 Å². The molecule has 0 bridgehead atoms. The number of carbonyl (C=O) groups is 2. The molecule has 0 atom stereocenters. The topological polar surface area (TPSA) is 104 Å². The molecule has 0 amide bonds. The van der Waals surface area contributed by atoms with Crippen molar-refractivity contribution >= 4 is 11.9 Å². The summed E-state index contributed by atoms with van der Waals surface area (Å²) in [5, 5.41) is 26.2. The predicted octanol–water partition coefficient (Wildman–Crippen LogP) is 0.592. The first-order valence-corrected chi connectivity index (χ1v) is 4.84. The van der Waals surface area contributed by atoms with E-state index in [1.54, 1.807) is 0 Å². The molecule has 1 aromatic carbocycles. The van der Waals surface area contributed by atoms with Crippen LogP contribution in [0.25, 0.3) is 0 Å². The third kappa shape index (κ3) is 3.54. The Morgan fingerprint density at radius 1 is 1.18 bits per heavy atom. The zero-order valence-corrected chi connectivity index (χ0v) is 8.92. The largest absolute Gasteiger partial charge is 0.478 e. The number of hydrogen-bond acceptors (Lipinski definition) is 4. The van der Waals surface area contributed by atoms with Gasteiger partial charge in [0, 0.05) is 0 Å². The van der Waals surface area contributed by atoms with Crippen molar-refractivity contribution < 1.29 is 29.6 Å². The molecular formula is C11H12O6. The van der Waals surface area contributed by atoms with Crippen molar-refractivity contribution in [1.82, 2.24) is 0 Å². The molecule has 6 heteroatoms. The van der Waals surface area contributed by atoms with Crippen molar-refractivity contribution in [2.75, 3.05) is 13.2 Å². The minimum Gasteiger partial charge on any atom is -0.478 e. The van der Waals surface area contributed by atoms with Gasteiger partial charge in [-0.3, -0.25) is 0 Å². The second-order valence-corrected chi connectivity index (χ2v) is 3.26. The summed E-state index contributed by atoms with van der Waals surface area (Å²) in [6.45, 7) is -0.166. The van der Waals surface area contributed by atoms with E-state index in [1.807, 2.05) is 0 Å². The fourth-order valence-electron chi connectivity index (χ4n) is 1.30. The summed E-state index contributed by atoms with van der Waals surface area (Å²) < 4.78 is 4.99. The van der Waals surface area contributed by atoms with Gasteiger partial charge in [-0.1, -0.05) is 0 Å². The van der Waals surface area contributed by atoms with E-state index in [4.69, 9.17) is 20.1 Å². The highest BCUT2D eigenvalue weighted by atomic mass is 16.5. The van der Waals surface area contributed by atoms with Gasteiger partial charge in [0.05, 0.1) is 30.9 Å². The molecule has 3 N–H and O–H groups in total. The minimum atomic E-state index is -1.15. The molecule has 0 saturated carbocycles. The van der Waals surface area contributed by atoms with Gasteiger partial charge < -0.3 is 20.1 Å². The van der Waals surface area contributed by atoms with Crippen LogP contribution in [0.2, 0.25) is 0 Å². The van der Waals surface area contributed by atoms with Crippen LogP contribution in [-0.4, -0.2) is 40.5 Å². The number of ether oxygens (including phenoxy) is 1. The first kappa shape index (κ1) is 13.1. The number of carboxylic acids is 2. The molecular weight excluding hydrogens is 228 g/mol. The Morgan fingerprint density at radius 2 is 1.88 bits per heavy atom. The first-order chi connectivity index (χ1) is 8.06. The monoisotopic (exact) mass is 240 g/mol. The molecule has 0 aliphatic rings. The quantitative estimate of drug-likeness (QED) is 0.629. The highest BCUT2D eigenvalue weighted by Gasteiger charge is 2.13. The van der Waals surface area contributed by atoms with Crippen LogP contribution in [0.1, 0.15) is 26.3 Å². The fourth-order valence-corrected chi connectivity index (χ4v) is 1.30. The van der Waals surface area contributed by atoms with Crippen molar-refractivity contribution in [2.45, 2.75) is 6.61 Å². The van der Waals surface area contributed by atoms with Gasteiger partial charge in [0.1, 0.15) is 0 Å². The van der Waals surface area contributed by atoms with Crippen LogP contribution in [0.3, 0.4) is 0 Å². The smallest absolute Gasteiger partial charge is 0.336 e. The van der Waals surface area contributed by atoms with Gasteiger partial charge in [0.15, 0.2) is 0 Å². The summed E-state index contributed by atoms with van der Waals surface area (Å²) in [6.07, 6.45) is 0. The molecule has 0 saturated heterocycles. The van der Waals surface area contributed by atoms with E-state index in [2.05, 4.69) is 0 Å². The predicted molar refractivity (Wildman–Crippen MR) is 57.1 cm³/mol. The minimum absolute atomic E-state index is 0.00222. The summed E-state index contributed by atoms with van der Waals surface area (Å²) >= 11 is 0. The molecule has 0 aromatic heterocycles. The van der Waals surface area contributed by atoms with Crippen LogP contribution in [-0.2, 0) is 11.3 Å². The first-order valence-electron chi connectivity index (χ1n) is 4.84. The highest BCUT2D eigenvalue weighted by Crippen LogP contribution is 2.14. The molecule has 0 aliphatic heterocycles. The molecule has 1 rings (SSSR count). The summed E-state index contributed by atoms with van der Waals surface area (Å²) in [5.41, 5.74) is 0.261. The molecule has 6 nitrogen and oxygen atoms in total. The number of benzene rings is 1. The van der Waals surface area contributed by atoms with Gasteiger partial charge >= 0.3 is 11.9 Å². The molecule has 0 fully saturated rings. The highest BCUT2D eigenvalue weighted by molar-refractivity contribution is 5.93. The van der Waals surface area contributed by atoms with Crippen LogP contribution >= 0.6 is 0 Å². The summed E-state index contributed by atoms with van der Waals surface area (Å²) in [6, 6.07) is 3.70. The molecule has 17 heavy (non-hydrogen) atoms. The van der Waals surface area contributed by atoms with E-state index in [1.165, 1.54) is 18.2 Å². The lowest BCUT2D eigenvalue weighted by Crippen LogP contribution is -2.08. The maximum atomic E-state index is 10.9. The Morgan fingerprint density at radius 3 is 2.41 bits per heavy atom. The zero-order valence-electron chi connectivity index (χ0n) is 8.92. The number of hydrogen-bond donors (Lipinski definition) is 3. The van der Waals surface area contributed by atoms with Gasteiger partial charge in [-0.05, 0) is 23.8 Å². The average molecular weight is 240 g/mol. The lowest BCUT2D eigenvalue weighted by Gasteiger charge is -2.07. The van der Waals surface area contributed by atoms with Crippen molar-refractivity contribution in [3.05, 3.63) is 34.9 Å². The number of aliphatic hydroxyl groups excluding tert-OH is 1. The molecule has 0 aliphatic carbocycles. The lowest BCUT2D eigenvalue weighted by molar-refractivity contribution is 0.0660. The maximum Gasteiger partial charge on any atom is 0.336 e. The maximum absolute atomic E-state index is 10.9. The van der Waals surface area contributed by atoms with Gasteiger partial charge in [0.25, 0.3) is 0 Å². The summed E-state index contributed by atoms with van der Waals surface area (Å²) in [5.74, 6) is -2.28. The number of aromatic carboxylic acids is 2. The Kier molecular flexibility index (Phi) is 4.62. The molecule has 92 valence electrons. The summed E-state index contributed by atoms with van der Waals surface area (Å²) in [7, 11) is 0. The van der Waals surface area contributed by atoms with Crippen LogP contribution < -0.4 is 0 Å². The lowest BCUT2D eigenvalue weighted by atomic mass is 10.0. The van der Waals surface area contributed by atoms with E-state index in [9.17, 15) is 9.59 Å². The normalized spacial score (nSPS) is 10.2. The van der Waals surface area contributed by atoms with E-state index < -0.39 is 11.9 Å². The molecule has 1 aromatic rings. The average Bonchev–Trinajstić information content (AvgIpc) is 2.28. The Labute approximate surface area is 97.1 Å². The van der Waals surface area contributed by atoms with Gasteiger partial charge in [-0.2, -0.15) is 0 Å². The third-order valence-corrected chi connectivity index (χ3v) is 2.08. The van der Waals surface area contributed by atoms with Gasteiger partial charge in [-0.25, -0.2) is 9.59 Å². The standard InChI is InChI=1S/C11H12O6/c12-3-4-17-6-8-5-7(10(13)14)1-2-9(8)11(15)16/h1-2,5,12H,3-4,6H2,(H,13,14)(H,15,16). The van der Waals surface area contributed by atoms with Crippen molar-refractivity contribution in [3.63, 3.8) is 0 Å². The molecule has 0 unspecified atom stereocenters. The summed E-state index contributed by atoms with van der Waals surface area (Å²) in [4.78, 5) is 21.6. The van der Waals surface area contributed by atoms with E-state index in [0.717, 1.165) is 0 Å². The Bertz CT molecular complexity index is 426. The Balaban J connectivity index is 2.98. The van der Waals surface area contributed by atoms with Crippen LogP contribution in [0.15, 0.2) is 18.2 Å². The van der Waals surface area contributed by atoms with Crippen LogP contribution in [0.4, 0.5) is 0 Å². The SMILES string of the molecule is O=C(O)c1ccc(C(=O)O)c(COCCO)c1. The van der Waals surface area contributed by atoms with Crippen LogP contribution in [0, 0.1) is 0 Å². The second kappa shape index (κ2) is 5.97. The fraction of sp³-hybridized carbons (Fsp3) is 0.273. The zero-order chi connectivity index (χ0) is 12.8. The van der Waals surface area contributed by atoms with Gasteiger partial charge in [-0.15, -0.1) is 0 Å². The number of rotatable bonds is 6. The van der Waals surface area contributed by atoms with Crippen molar-refractivity contribution in [2.24, 2.45) is 0 Å². The van der Waals surface area contributed by atoms with E-state index in [0.29, 0.717) is 0 Å². The Hall–Kier alpha value is -1.92. The van der Waals surface area contributed by atoms with Crippen molar-refractivity contribution in [3.8, 4) is 0 Å². The van der Waals surface area contributed by atoms with Crippen LogP contribution in [0.5, 0.6) is 0 Å². The number of aliphatic hydroxyl groups is 1. The molecule has 0 heterocycles. The molecule has 0 radical (unpaired) electrons. The van der Waals surface area contributed by atoms with E-state index in [-0.39, 0.29) is 36.5 Å². The number of carboxylic acid groups (broad SMARTS) is 2. The third-order valence-electron chi connectivity index (χ3n) is 2.08. The molecule has 0 spiro atoms. The van der Waals surface area contributed by atoms with Gasteiger partial charge in [0.2, 0.25) is 0 Å². The second-order valence-electron chi connectivity index (χ2n) is 3.26.